The van der Waals surface area contributed by atoms with Crippen LogP contribution in [-0.4, -0.2) is 47.6 Å². The highest BCUT2D eigenvalue weighted by molar-refractivity contribution is 7.99. The van der Waals surface area contributed by atoms with Crippen LogP contribution in [0.4, 0.5) is 0 Å². The van der Waals surface area contributed by atoms with Crippen molar-refractivity contribution in [2.75, 3.05) is 25.7 Å². The van der Waals surface area contributed by atoms with Crippen LogP contribution in [0.5, 0.6) is 0 Å². The van der Waals surface area contributed by atoms with E-state index >= 15 is 0 Å². The number of aromatic nitrogens is 2. The van der Waals surface area contributed by atoms with Gasteiger partial charge in [0.25, 0.3) is 0 Å². The topological polar surface area (TPSA) is 78.4 Å². The van der Waals surface area contributed by atoms with E-state index in [9.17, 15) is 9.59 Å². The molecule has 0 unspecified atom stereocenters. The van der Waals surface area contributed by atoms with Gasteiger partial charge in [-0.05, 0) is 32.8 Å². The van der Waals surface area contributed by atoms with Crippen molar-refractivity contribution in [1.29, 1.82) is 0 Å². The summed E-state index contributed by atoms with van der Waals surface area (Å²) in [6.07, 6.45) is 4.65. The first-order chi connectivity index (χ1) is 11.5. The van der Waals surface area contributed by atoms with Crippen molar-refractivity contribution in [3.63, 3.8) is 0 Å². The minimum atomic E-state index is -0.559. The summed E-state index contributed by atoms with van der Waals surface area (Å²) in [6.45, 7) is 4.09. The highest BCUT2D eigenvalue weighted by Crippen LogP contribution is 2.36. The Labute approximate surface area is 150 Å². The molecule has 0 aromatic carbocycles. The third-order valence-electron chi connectivity index (χ3n) is 3.91. The second-order valence-electron chi connectivity index (χ2n) is 5.27. The molecule has 6 nitrogen and oxygen atoms in total. The quantitative estimate of drug-likeness (QED) is 0.327. The van der Waals surface area contributed by atoms with Crippen molar-refractivity contribution in [2.24, 2.45) is 11.8 Å². The second-order valence-corrected chi connectivity index (χ2v) is 6.84. The number of hydrogen-bond acceptors (Lipinski definition) is 8. The third kappa shape index (κ3) is 4.03. The molecule has 2 atom stereocenters. The molecule has 2 rings (SSSR count). The number of nitrogens with zero attached hydrogens (tertiary/aromatic N) is 2. The fraction of sp³-hybridized carbons (Fsp3) is 0.625. The number of rotatable bonds is 6. The molecule has 0 N–H and O–H groups in total. The van der Waals surface area contributed by atoms with Crippen LogP contribution < -0.4 is 0 Å². The lowest BCUT2D eigenvalue weighted by Gasteiger charge is -2.30. The maximum atomic E-state index is 12.4. The van der Waals surface area contributed by atoms with Crippen molar-refractivity contribution >= 4 is 35.5 Å². The van der Waals surface area contributed by atoms with Gasteiger partial charge < -0.3 is 9.47 Å². The predicted molar refractivity (Wildman–Crippen MR) is 93.2 cm³/mol. The van der Waals surface area contributed by atoms with Gasteiger partial charge in [0.05, 0.1) is 30.7 Å². The van der Waals surface area contributed by atoms with Gasteiger partial charge in [0.15, 0.2) is 5.16 Å². The van der Waals surface area contributed by atoms with Crippen LogP contribution in [0.1, 0.15) is 25.1 Å². The molecule has 1 aliphatic carbocycles. The van der Waals surface area contributed by atoms with E-state index in [0.29, 0.717) is 18.0 Å². The number of carbonyl (C=O) groups is 2. The summed E-state index contributed by atoms with van der Waals surface area (Å²) in [7, 11) is 0. The first-order valence-corrected chi connectivity index (χ1v) is 10.3. The zero-order valence-corrected chi connectivity index (χ0v) is 16.0. The first kappa shape index (κ1) is 19.1. The fourth-order valence-corrected chi connectivity index (χ4v) is 3.89. The van der Waals surface area contributed by atoms with E-state index in [1.165, 1.54) is 23.5 Å². The average Bonchev–Trinajstić information content (AvgIpc) is 2.59. The lowest BCUT2D eigenvalue weighted by Crippen LogP contribution is -2.39. The van der Waals surface area contributed by atoms with E-state index in [1.807, 2.05) is 12.5 Å². The molecule has 0 saturated heterocycles. The number of fused-ring (bicyclic) bond motifs is 1. The number of esters is 2. The predicted octanol–water partition coefficient (Wildman–Crippen LogP) is 2.38. The Morgan fingerprint density at radius 2 is 1.58 bits per heavy atom. The van der Waals surface area contributed by atoms with E-state index in [4.69, 9.17) is 9.47 Å². The summed E-state index contributed by atoms with van der Waals surface area (Å²) in [6, 6.07) is 0. The van der Waals surface area contributed by atoms with Crippen LogP contribution in [0.15, 0.2) is 10.2 Å². The Balaban J connectivity index is 2.42. The normalized spacial score (nSPS) is 19.5. The van der Waals surface area contributed by atoms with Gasteiger partial charge in [-0.15, -0.1) is 11.8 Å². The molecular formula is C16H22N2O4S2. The SMILES string of the molecule is CCOC(=O)[C@@H]1Cc2nc(SC)nc(SC)c2C[C@H]1C(=O)OCC. The summed E-state index contributed by atoms with van der Waals surface area (Å²) in [5.74, 6) is -1.83. The zero-order valence-electron chi connectivity index (χ0n) is 14.3. The molecule has 1 heterocycles. The number of thioether (sulfide) groups is 2. The van der Waals surface area contributed by atoms with Gasteiger partial charge in [0.1, 0.15) is 5.03 Å². The summed E-state index contributed by atoms with van der Waals surface area (Å²) in [4.78, 5) is 33.8. The van der Waals surface area contributed by atoms with Crippen LogP contribution in [0.25, 0.3) is 0 Å². The van der Waals surface area contributed by atoms with Gasteiger partial charge in [-0.1, -0.05) is 11.8 Å². The lowest BCUT2D eigenvalue weighted by molar-refractivity contribution is -0.160. The Morgan fingerprint density at radius 3 is 2.08 bits per heavy atom. The van der Waals surface area contributed by atoms with E-state index in [0.717, 1.165) is 16.3 Å². The van der Waals surface area contributed by atoms with E-state index in [-0.39, 0.29) is 25.2 Å². The zero-order chi connectivity index (χ0) is 17.7. The largest absolute Gasteiger partial charge is 0.466 e. The molecule has 0 bridgehead atoms. The maximum absolute atomic E-state index is 12.4. The van der Waals surface area contributed by atoms with Crippen LogP contribution in [0.2, 0.25) is 0 Å². The molecule has 1 aromatic rings. The van der Waals surface area contributed by atoms with Gasteiger partial charge in [-0.25, -0.2) is 9.97 Å². The highest BCUT2D eigenvalue weighted by atomic mass is 32.2. The lowest BCUT2D eigenvalue weighted by atomic mass is 9.78. The molecule has 0 aliphatic heterocycles. The van der Waals surface area contributed by atoms with Crippen LogP contribution in [0.3, 0.4) is 0 Å². The van der Waals surface area contributed by atoms with Crippen molar-refractivity contribution in [2.45, 2.75) is 36.9 Å². The van der Waals surface area contributed by atoms with E-state index < -0.39 is 11.8 Å². The van der Waals surface area contributed by atoms with Crippen molar-refractivity contribution < 1.29 is 19.1 Å². The van der Waals surface area contributed by atoms with Gasteiger partial charge in [-0.3, -0.25) is 9.59 Å². The van der Waals surface area contributed by atoms with Crippen LogP contribution in [0, 0.1) is 11.8 Å². The van der Waals surface area contributed by atoms with Gasteiger partial charge in [-0.2, -0.15) is 0 Å². The van der Waals surface area contributed by atoms with E-state index in [2.05, 4.69) is 9.97 Å². The van der Waals surface area contributed by atoms with Gasteiger partial charge in [0, 0.05) is 12.0 Å². The Hall–Kier alpha value is -1.28. The minimum Gasteiger partial charge on any atom is -0.466 e. The smallest absolute Gasteiger partial charge is 0.310 e. The molecule has 0 amide bonds. The molecular weight excluding hydrogens is 348 g/mol. The minimum absolute atomic E-state index is 0.285. The van der Waals surface area contributed by atoms with Crippen LogP contribution in [-0.2, 0) is 31.9 Å². The molecule has 0 radical (unpaired) electrons. The monoisotopic (exact) mass is 370 g/mol. The Morgan fingerprint density at radius 1 is 1.00 bits per heavy atom. The molecule has 1 aliphatic rings. The highest BCUT2D eigenvalue weighted by Gasteiger charge is 2.41. The fourth-order valence-electron chi connectivity index (χ4n) is 2.83. The molecule has 8 heteroatoms. The van der Waals surface area contributed by atoms with Crippen molar-refractivity contribution in [3.8, 4) is 0 Å². The number of carbonyl (C=O) groups excluding carboxylic acids is 2. The Kier molecular flexibility index (Phi) is 6.91. The standard InChI is InChI=1S/C16H22N2O4S2/c1-5-21-14(19)9-7-11-12(8-10(9)15(20)22-6-2)17-16(24-4)18-13(11)23-3/h9-10H,5-8H2,1-4H3/t9-,10-/m1/s1. The van der Waals surface area contributed by atoms with Crippen LogP contribution >= 0.6 is 23.5 Å². The summed E-state index contributed by atoms with van der Waals surface area (Å²) < 4.78 is 10.3. The molecule has 1 aromatic heterocycles. The number of hydrogen-bond donors (Lipinski definition) is 0. The summed E-state index contributed by atoms with van der Waals surface area (Å²) >= 11 is 2.99. The molecule has 132 valence electrons. The van der Waals surface area contributed by atoms with Gasteiger partial charge >= 0.3 is 11.9 Å². The Bertz CT molecular complexity index is 624. The van der Waals surface area contributed by atoms with E-state index in [1.54, 1.807) is 13.8 Å². The average molecular weight is 370 g/mol. The summed E-state index contributed by atoms with van der Waals surface area (Å²) in [5, 5.41) is 1.54. The second kappa shape index (κ2) is 8.71. The molecule has 0 saturated carbocycles. The summed E-state index contributed by atoms with van der Waals surface area (Å²) in [5.41, 5.74) is 1.77. The van der Waals surface area contributed by atoms with Gasteiger partial charge in [0.2, 0.25) is 0 Å². The molecule has 24 heavy (non-hydrogen) atoms. The van der Waals surface area contributed by atoms with Crippen molar-refractivity contribution in [1.82, 2.24) is 9.97 Å². The number of ether oxygens (including phenoxy) is 2. The maximum Gasteiger partial charge on any atom is 0.310 e. The van der Waals surface area contributed by atoms with Crippen molar-refractivity contribution in [3.05, 3.63) is 11.3 Å². The first-order valence-electron chi connectivity index (χ1n) is 7.86. The third-order valence-corrected chi connectivity index (χ3v) is 5.18. The molecule has 0 fully saturated rings. The molecule has 0 spiro atoms.